The highest BCUT2D eigenvalue weighted by Gasteiger charge is 2.11. The first-order chi connectivity index (χ1) is 9.02. The van der Waals surface area contributed by atoms with Gasteiger partial charge in [-0.3, -0.25) is 4.79 Å². The molecule has 3 N–H and O–H groups in total. The Bertz CT molecular complexity index is 691. The van der Waals surface area contributed by atoms with Crippen molar-refractivity contribution in [2.45, 2.75) is 13.5 Å². The highest BCUT2D eigenvalue weighted by atomic mass is 79.9. The second-order valence-corrected chi connectivity index (χ2v) is 5.91. The topological polar surface area (TPSA) is 80.6 Å². The summed E-state index contributed by atoms with van der Waals surface area (Å²) in [6.07, 6.45) is 0. The molecule has 2 aromatic rings. The number of rotatable bonds is 3. The maximum Gasteiger partial charge on any atom is 0.262 e. The average molecular weight is 342 g/mol. The summed E-state index contributed by atoms with van der Waals surface area (Å²) in [5.41, 5.74) is 6.25. The highest BCUT2D eigenvalue weighted by molar-refractivity contribution is 9.10. The number of amidine groups is 1. The van der Waals surface area contributed by atoms with Crippen molar-refractivity contribution in [1.82, 2.24) is 4.57 Å². The van der Waals surface area contributed by atoms with Gasteiger partial charge in [0.2, 0.25) is 0 Å². The van der Waals surface area contributed by atoms with Gasteiger partial charge in [0.05, 0.1) is 12.1 Å². The van der Waals surface area contributed by atoms with Gasteiger partial charge in [0, 0.05) is 20.4 Å². The number of hydrogen-bond donors (Lipinski definition) is 2. The SMILES string of the molecule is Cc1ccc(/C(N)=N/O)c(=O)n1Cc1cc(Br)cs1. The van der Waals surface area contributed by atoms with E-state index in [9.17, 15) is 4.79 Å². The van der Waals surface area contributed by atoms with Crippen LogP contribution in [0.3, 0.4) is 0 Å². The van der Waals surface area contributed by atoms with Gasteiger partial charge < -0.3 is 15.5 Å². The predicted octanol–water partition coefficient (Wildman–Crippen LogP) is 2.12. The number of aryl methyl sites for hydroxylation is 1. The van der Waals surface area contributed by atoms with Crippen molar-refractivity contribution in [2.24, 2.45) is 10.9 Å². The van der Waals surface area contributed by atoms with Crippen LogP contribution in [0.25, 0.3) is 0 Å². The molecular weight excluding hydrogens is 330 g/mol. The summed E-state index contributed by atoms with van der Waals surface area (Å²) in [7, 11) is 0. The molecule has 0 saturated heterocycles. The lowest BCUT2D eigenvalue weighted by Gasteiger charge is -2.10. The lowest BCUT2D eigenvalue weighted by molar-refractivity contribution is 0.318. The van der Waals surface area contributed by atoms with Crippen molar-refractivity contribution in [3.05, 3.63) is 54.5 Å². The zero-order valence-electron chi connectivity index (χ0n) is 10.1. The van der Waals surface area contributed by atoms with Crippen LogP contribution in [-0.2, 0) is 6.54 Å². The fourth-order valence-electron chi connectivity index (χ4n) is 1.71. The van der Waals surface area contributed by atoms with Gasteiger partial charge in [-0.25, -0.2) is 0 Å². The quantitative estimate of drug-likeness (QED) is 0.388. The Labute approximate surface area is 122 Å². The van der Waals surface area contributed by atoms with Crippen molar-refractivity contribution in [3.8, 4) is 0 Å². The number of thiophene rings is 1. The molecule has 0 aliphatic heterocycles. The minimum absolute atomic E-state index is 0.175. The summed E-state index contributed by atoms with van der Waals surface area (Å²) in [6, 6.07) is 5.30. The van der Waals surface area contributed by atoms with E-state index in [0.717, 1.165) is 15.0 Å². The van der Waals surface area contributed by atoms with Crippen molar-refractivity contribution >= 4 is 33.1 Å². The van der Waals surface area contributed by atoms with Gasteiger partial charge >= 0.3 is 0 Å². The maximum absolute atomic E-state index is 12.3. The number of hydrogen-bond acceptors (Lipinski definition) is 4. The molecule has 7 heteroatoms. The number of nitrogens with zero attached hydrogens (tertiary/aromatic N) is 2. The van der Waals surface area contributed by atoms with Crippen LogP contribution in [0.1, 0.15) is 16.1 Å². The second-order valence-electron chi connectivity index (χ2n) is 4.00. The van der Waals surface area contributed by atoms with Gasteiger partial charge in [0.1, 0.15) is 0 Å². The number of oxime groups is 1. The van der Waals surface area contributed by atoms with Crippen LogP contribution in [0.2, 0.25) is 0 Å². The standard InChI is InChI=1S/C12H12BrN3O2S/c1-7-2-3-10(11(14)15-18)12(17)16(7)5-9-4-8(13)6-19-9/h2-4,6,18H,5H2,1H3,(H2,14,15). The minimum Gasteiger partial charge on any atom is -0.409 e. The smallest absolute Gasteiger partial charge is 0.262 e. The fraction of sp³-hybridized carbons (Fsp3) is 0.167. The zero-order chi connectivity index (χ0) is 14.0. The van der Waals surface area contributed by atoms with E-state index in [2.05, 4.69) is 21.1 Å². The third kappa shape index (κ3) is 2.87. The number of halogens is 1. The van der Waals surface area contributed by atoms with Crippen LogP contribution >= 0.6 is 27.3 Å². The van der Waals surface area contributed by atoms with Gasteiger partial charge in [-0.1, -0.05) is 5.16 Å². The van der Waals surface area contributed by atoms with Gasteiger partial charge in [-0.2, -0.15) is 0 Å². The molecule has 0 aliphatic carbocycles. The molecule has 100 valence electrons. The molecule has 0 amide bonds. The van der Waals surface area contributed by atoms with E-state index in [0.29, 0.717) is 6.54 Å². The Morgan fingerprint density at radius 3 is 2.89 bits per heavy atom. The van der Waals surface area contributed by atoms with E-state index in [1.54, 1.807) is 28.0 Å². The average Bonchev–Trinajstić information content (AvgIpc) is 2.79. The van der Waals surface area contributed by atoms with Crippen molar-refractivity contribution < 1.29 is 5.21 Å². The van der Waals surface area contributed by atoms with E-state index >= 15 is 0 Å². The molecule has 5 nitrogen and oxygen atoms in total. The Balaban J connectivity index is 2.48. The number of nitrogens with two attached hydrogens (primary N) is 1. The molecule has 0 spiro atoms. The first-order valence-electron chi connectivity index (χ1n) is 5.44. The number of aromatic nitrogens is 1. The Morgan fingerprint density at radius 2 is 2.32 bits per heavy atom. The monoisotopic (exact) mass is 341 g/mol. The van der Waals surface area contributed by atoms with E-state index in [-0.39, 0.29) is 17.0 Å². The van der Waals surface area contributed by atoms with Crippen molar-refractivity contribution in [1.29, 1.82) is 0 Å². The van der Waals surface area contributed by atoms with E-state index in [4.69, 9.17) is 10.9 Å². The molecule has 0 bridgehead atoms. The van der Waals surface area contributed by atoms with Crippen LogP contribution in [0, 0.1) is 6.92 Å². The third-order valence-corrected chi connectivity index (χ3v) is 4.39. The molecule has 0 atom stereocenters. The van der Waals surface area contributed by atoms with Gasteiger partial charge in [-0.15, -0.1) is 11.3 Å². The van der Waals surface area contributed by atoms with Crippen LogP contribution in [-0.4, -0.2) is 15.6 Å². The van der Waals surface area contributed by atoms with Crippen molar-refractivity contribution in [3.63, 3.8) is 0 Å². The lowest BCUT2D eigenvalue weighted by atomic mass is 10.2. The molecule has 0 radical (unpaired) electrons. The molecule has 2 rings (SSSR count). The lowest BCUT2D eigenvalue weighted by Crippen LogP contribution is -2.31. The molecule has 2 aromatic heterocycles. The summed E-state index contributed by atoms with van der Waals surface area (Å²) in [4.78, 5) is 13.3. The maximum atomic E-state index is 12.3. The van der Waals surface area contributed by atoms with Crippen LogP contribution in [0.4, 0.5) is 0 Å². The minimum atomic E-state index is -0.264. The van der Waals surface area contributed by atoms with E-state index < -0.39 is 0 Å². The molecule has 0 aromatic carbocycles. The second kappa shape index (κ2) is 5.58. The summed E-state index contributed by atoms with van der Waals surface area (Å²) in [6.45, 7) is 2.31. The summed E-state index contributed by atoms with van der Waals surface area (Å²) in [5, 5.41) is 13.5. The van der Waals surface area contributed by atoms with Crippen LogP contribution in [0.15, 0.2) is 38.0 Å². The van der Waals surface area contributed by atoms with Gasteiger partial charge in [0.25, 0.3) is 5.56 Å². The Hall–Kier alpha value is -1.60. The highest BCUT2D eigenvalue weighted by Crippen LogP contribution is 2.20. The summed E-state index contributed by atoms with van der Waals surface area (Å²) >= 11 is 4.95. The summed E-state index contributed by atoms with van der Waals surface area (Å²) in [5.74, 6) is -0.175. The molecule has 2 heterocycles. The Morgan fingerprint density at radius 1 is 1.58 bits per heavy atom. The Kier molecular flexibility index (Phi) is 4.06. The first kappa shape index (κ1) is 13.8. The molecule has 0 fully saturated rings. The predicted molar refractivity (Wildman–Crippen MR) is 79.1 cm³/mol. The molecule has 0 aliphatic rings. The van der Waals surface area contributed by atoms with Crippen molar-refractivity contribution in [2.75, 3.05) is 0 Å². The molecule has 0 unspecified atom stereocenters. The van der Waals surface area contributed by atoms with E-state index in [1.807, 2.05) is 18.4 Å². The van der Waals surface area contributed by atoms with Crippen LogP contribution in [0.5, 0.6) is 0 Å². The van der Waals surface area contributed by atoms with E-state index in [1.165, 1.54) is 0 Å². The number of pyridine rings is 1. The molecule has 19 heavy (non-hydrogen) atoms. The van der Waals surface area contributed by atoms with Crippen LogP contribution < -0.4 is 11.3 Å². The molecule has 0 saturated carbocycles. The molecular formula is C12H12BrN3O2S. The summed E-state index contributed by atoms with van der Waals surface area (Å²) < 4.78 is 2.59. The third-order valence-electron chi connectivity index (χ3n) is 2.71. The normalized spacial score (nSPS) is 11.8. The first-order valence-corrected chi connectivity index (χ1v) is 7.11. The van der Waals surface area contributed by atoms with Gasteiger partial charge in [0.15, 0.2) is 5.84 Å². The zero-order valence-corrected chi connectivity index (χ0v) is 12.5. The fourth-order valence-corrected chi connectivity index (χ4v) is 3.15. The van der Waals surface area contributed by atoms with Gasteiger partial charge in [-0.05, 0) is 41.1 Å². The largest absolute Gasteiger partial charge is 0.409 e.